The van der Waals surface area contributed by atoms with Crippen molar-refractivity contribution in [3.8, 4) is 0 Å². The second kappa shape index (κ2) is 61.5. The first-order chi connectivity index (χ1) is 39.2. The highest BCUT2D eigenvalue weighted by molar-refractivity contribution is 7.47. The Morgan fingerprint density at radius 2 is 0.650 bits per heavy atom. The summed E-state index contributed by atoms with van der Waals surface area (Å²) in [5.74, 6) is -1.49. The Balaban J connectivity index is 4.75. The first kappa shape index (κ1) is 76.4. The molecule has 0 fully saturated rings. The minimum Gasteiger partial charge on any atom is -0.462 e. The SMILES string of the molecule is CC/C=C\C/C=C\C/C=C\CCCCCCCCCC(=O)OC(CO)COP(=O)(O)OCC(COC(=O)CCCCCCCCC/C=C\C/C=C\CCCCC)OC(=O)CCCCCCCC/C=C\C/C=C\C/C=C\CCCCC. The van der Waals surface area contributed by atoms with Gasteiger partial charge in [0.15, 0.2) is 6.10 Å². The van der Waals surface area contributed by atoms with Crippen molar-refractivity contribution >= 4 is 25.7 Å². The molecule has 3 atom stereocenters. The topological polar surface area (TPSA) is 155 Å². The molecule has 0 saturated heterocycles. The number of aliphatic hydroxyl groups is 1. The maximum atomic E-state index is 13.0. The summed E-state index contributed by atoms with van der Waals surface area (Å²) >= 11 is 0. The zero-order chi connectivity index (χ0) is 58.3. The third-order valence-electron chi connectivity index (χ3n) is 13.5. The number of unbranched alkanes of at least 4 members (excludes halogenated alkanes) is 26. The lowest BCUT2D eigenvalue weighted by Gasteiger charge is -2.21. The quantitative estimate of drug-likeness (QED) is 0.0197. The Kier molecular flexibility index (Phi) is 58.7. The number of phosphoric ester groups is 1. The van der Waals surface area contributed by atoms with E-state index >= 15 is 0 Å². The van der Waals surface area contributed by atoms with Crippen LogP contribution < -0.4 is 0 Å². The van der Waals surface area contributed by atoms with Gasteiger partial charge in [-0.2, -0.15) is 0 Å². The van der Waals surface area contributed by atoms with Gasteiger partial charge in [-0.15, -0.1) is 0 Å². The van der Waals surface area contributed by atoms with Crippen LogP contribution in [0.3, 0.4) is 0 Å². The van der Waals surface area contributed by atoms with Gasteiger partial charge >= 0.3 is 25.7 Å². The molecule has 0 aromatic carbocycles. The van der Waals surface area contributed by atoms with Crippen LogP contribution in [0.1, 0.15) is 278 Å². The highest BCUT2D eigenvalue weighted by atomic mass is 31.2. The van der Waals surface area contributed by atoms with Crippen LogP contribution in [-0.4, -0.2) is 66.5 Å². The molecule has 0 aromatic rings. The summed E-state index contributed by atoms with van der Waals surface area (Å²) < 4.78 is 39.7. The number of hydrogen-bond acceptors (Lipinski definition) is 10. The highest BCUT2D eigenvalue weighted by Gasteiger charge is 2.28. The number of rotatable bonds is 59. The van der Waals surface area contributed by atoms with E-state index in [4.69, 9.17) is 23.3 Å². The van der Waals surface area contributed by atoms with E-state index in [2.05, 4.69) is 118 Å². The predicted octanol–water partition coefficient (Wildman–Crippen LogP) is 19.6. The number of allylic oxidation sites excluding steroid dienone is 16. The number of ether oxygens (including phenoxy) is 3. The maximum absolute atomic E-state index is 13.0. The Labute approximate surface area is 489 Å². The molecule has 3 unspecified atom stereocenters. The van der Waals surface area contributed by atoms with Crippen molar-refractivity contribution in [1.82, 2.24) is 0 Å². The Hall–Kier alpha value is -3.60. The minimum absolute atomic E-state index is 0.147. The summed E-state index contributed by atoms with van der Waals surface area (Å²) in [7, 11) is -4.77. The van der Waals surface area contributed by atoms with Crippen molar-refractivity contribution in [2.75, 3.05) is 26.4 Å². The van der Waals surface area contributed by atoms with Crippen LogP contribution in [0.15, 0.2) is 97.2 Å². The molecule has 0 rings (SSSR count). The number of esters is 3. The smallest absolute Gasteiger partial charge is 0.462 e. The molecule has 0 aliphatic rings. The maximum Gasteiger partial charge on any atom is 0.472 e. The van der Waals surface area contributed by atoms with Gasteiger partial charge in [-0.1, -0.05) is 234 Å². The number of carbonyl (C=O) groups excluding carboxylic acids is 3. The second-order valence-electron chi connectivity index (χ2n) is 21.2. The molecule has 460 valence electrons. The second-order valence-corrected chi connectivity index (χ2v) is 22.6. The molecule has 0 saturated carbocycles. The summed E-state index contributed by atoms with van der Waals surface area (Å²) in [6.45, 7) is 4.47. The van der Waals surface area contributed by atoms with Gasteiger partial charge in [0.25, 0.3) is 0 Å². The molecule has 0 spiro atoms. The zero-order valence-electron chi connectivity index (χ0n) is 51.0. The van der Waals surface area contributed by atoms with Gasteiger partial charge in [-0.05, 0) is 122 Å². The Morgan fingerprint density at radius 1 is 0.362 bits per heavy atom. The fourth-order valence-corrected chi connectivity index (χ4v) is 9.37. The van der Waals surface area contributed by atoms with E-state index < -0.39 is 57.8 Å². The number of phosphoric acid groups is 1. The van der Waals surface area contributed by atoms with E-state index in [1.807, 2.05) is 0 Å². The first-order valence-electron chi connectivity index (χ1n) is 32.1. The van der Waals surface area contributed by atoms with E-state index in [1.165, 1.54) is 77.0 Å². The van der Waals surface area contributed by atoms with Crippen LogP contribution in [0, 0.1) is 0 Å². The molecular weight excluding hydrogens is 1020 g/mol. The van der Waals surface area contributed by atoms with E-state index in [0.29, 0.717) is 19.3 Å². The lowest BCUT2D eigenvalue weighted by Crippen LogP contribution is -2.30. The Bertz CT molecular complexity index is 1710. The largest absolute Gasteiger partial charge is 0.472 e. The monoisotopic (exact) mass is 1140 g/mol. The van der Waals surface area contributed by atoms with Crippen molar-refractivity contribution in [2.45, 2.75) is 290 Å². The molecule has 0 aliphatic carbocycles. The van der Waals surface area contributed by atoms with Gasteiger partial charge in [0.1, 0.15) is 12.7 Å². The van der Waals surface area contributed by atoms with Gasteiger partial charge in [-0.3, -0.25) is 23.4 Å². The van der Waals surface area contributed by atoms with Crippen LogP contribution in [0.4, 0.5) is 0 Å². The van der Waals surface area contributed by atoms with Crippen LogP contribution in [-0.2, 0) is 42.2 Å². The molecule has 80 heavy (non-hydrogen) atoms. The van der Waals surface area contributed by atoms with E-state index in [0.717, 1.165) is 141 Å². The molecule has 12 heteroatoms. The average molecular weight is 1140 g/mol. The van der Waals surface area contributed by atoms with Crippen LogP contribution >= 0.6 is 7.82 Å². The lowest BCUT2D eigenvalue weighted by molar-refractivity contribution is -0.161. The van der Waals surface area contributed by atoms with Gasteiger partial charge in [-0.25, -0.2) is 4.57 Å². The highest BCUT2D eigenvalue weighted by Crippen LogP contribution is 2.43. The third-order valence-corrected chi connectivity index (χ3v) is 14.4. The van der Waals surface area contributed by atoms with Gasteiger partial charge < -0.3 is 24.2 Å². The van der Waals surface area contributed by atoms with Crippen LogP contribution in [0.2, 0.25) is 0 Å². The fourth-order valence-electron chi connectivity index (χ4n) is 8.58. The summed E-state index contributed by atoms with van der Waals surface area (Å²) in [4.78, 5) is 48.8. The zero-order valence-corrected chi connectivity index (χ0v) is 51.9. The molecular formula is C68H117O11P. The van der Waals surface area contributed by atoms with Crippen LogP contribution in [0.25, 0.3) is 0 Å². The molecule has 0 bridgehead atoms. The summed E-state index contributed by atoms with van der Waals surface area (Å²) in [6, 6.07) is 0. The molecule has 0 heterocycles. The number of carbonyl (C=O) groups is 3. The van der Waals surface area contributed by atoms with Crippen molar-refractivity contribution in [3.05, 3.63) is 97.2 Å². The number of aliphatic hydroxyl groups excluding tert-OH is 1. The molecule has 0 aromatic heterocycles. The molecule has 11 nitrogen and oxygen atoms in total. The summed E-state index contributed by atoms with van der Waals surface area (Å²) in [6.07, 6.45) is 73.5. The molecule has 0 radical (unpaired) electrons. The average Bonchev–Trinajstić information content (AvgIpc) is 3.45. The van der Waals surface area contributed by atoms with E-state index in [-0.39, 0.29) is 25.9 Å². The third kappa shape index (κ3) is 59.0. The van der Waals surface area contributed by atoms with Crippen molar-refractivity contribution in [2.24, 2.45) is 0 Å². The molecule has 0 aliphatic heterocycles. The minimum atomic E-state index is -4.77. The Morgan fingerprint density at radius 3 is 1.00 bits per heavy atom. The van der Waals surface area contributed by atoms with Gasteiger partial charge in [0.2, 0.25) is 0 Å². The van der Waals surface area contributed by atoms with Crippen molar-refractivity contribution in [3.63, 3.8) is 0 Å². The van der Waals surface area contributed by atoms with Gasteiger partial charge in [0, 0.05) is 19.3 Å². The summed E-state index contributed by atoms with van der Waals surface area (Å²) in [5.41, 5.74) is 0. The van der Waals surface area contributed by atoms with Crippen molar-refractivity contribution in [1.29, 1.82) is 0 Å². The first-order valence-corrected chi connectivity index (χ1v) is 33.6. The fraction of sp³-hybridized carbons (Fsp3) is 0.721. The van der Waals surface area contributed by atoms with Crippen molar-refractivity contribution < 1.29 is 52.2 Å². The predicted molar refractivity (Wildman–Crippen MR) is 334 cm³/mol. The normalized spacial score (nSPS) is 13.9. The van der Waals surface area contributed by atoms with E-state index in [1.54, 1.807) is 0 Å². The molecule has 0 amide bonds. The van der Waals surface area contributed by atoms with E-state index in [9.17, 15) is 28.9 Å². The van der Waals surface area contributed by atoms with Gasteiger partial charge in [0.05, 0.1) is 19.8 Å². The van der Waals surface area contributed by atoms with Crippen LogP contribution in [0.5, 0.6) is 0 Å². The standard InChI is InChI=1S/C68H117O11P/c1-4-7-10-13-16-19-22-25-28-31-32-35-38-41-44-47-50-53-56-59-68(72)79-65(61-75-66(70)57-54-51-48-45-42-39-36-33-29-26-23-20-17-14-11-8-5-2)63-77-80(73,74)76-62-64(60-69)78-67(71)58-55-52-49-46-43-40-37-34-30-27-24-21-18-15-12-9-6-3/h9,12,16-21,25-30,32,35,64-65,69H,4-8,10-11,13-15,22-24,31,33-34,36-63H2,1-3H3,(H,73,74)/b12-9-,19-16-,20-17-,21-18-,28-25-,29-26-,30-27-,35-32-. The lowest BCUT2D eigenvalue weighted by atomic mass is 10.1. The molecule has 2 N–H and O–H groups in total. The summed E-state index contributed by atoms with van der Waals surface area (Å²) in [5, 5.41) is 9.85. The number of hydrogen-bond donors (Lipinski definition) is 2.